The molecule has 1 aliphatic rings. The Kier molecular flexibility index (Phi) is 3.34. The van der Waals surface area contributed by atoms with Crippen molar-refractivity contribution in [3.05, 3.63) is 16.9 Å². The SMILES string of the molecule is CC(CC#N)(C1CCCC1)n1cc(Br)cn1. The summed E-state index contributed by atoms with van der Waals surface area (Å²) in [6.45, 7) is 2.16. The standard InChI is InChI=1S/C12H16BrN3/c1-12(6-7-14,10-4-2-3-5-10)16-9-11(13)8-15-16/h8-10H,2-6H2,1H3. The number of hydrogen-bond donors (Lipinski definition) is 0. The van der Waals surface area contributed by atoms with Crippen molar-refractivity contribution in [2.45, 2.75) is 44.6 Å². The van der Waals surface area contributed by atoms with Crippen LogP contribution in [0.15, 0.2) is 16.9 Å². The van der Waals surface area contributed by atoms with Gasteiger partial charge in [0.2, 0.25) is 0 Å². The first-order valence-electron chi connectivity index (χ1n) is 5.74. The van der Waals surface area contributed by atoms with Gasteiger partial charge in [0, 0.05) is 6.20 Å². The molecule has 0 aromatic carbocycles. The third-order valence-electron chi connectivity index (χ3n) is 3.75. The van der Waals surface area contributed by atoms with Gasteiger partial charge in [0.1, 0.15) is 0 Å². The van der Waals surface area contributed by atoms with E-state index < -0.39 is 0 Å². The summed E-state index contributed by atoms with van der Waals surface area (Å²) in [5.74, 6) is 0.582. The maximum atomic E-state index is 9.03. The summed E-state index contributed by atoms with van der Waals surface area (Å²) in [5, 5.41) is 13.4. The Labute approximate surface area is 105 Å². The molecule has 0 spiro atoms. The minimum Gasteiger partial charge on any atom is -0.264 e. The second-order valence-corrected chi connectivity index (χ2v) is 5.69. The summed E-state index contributed by atoms with van der Waals surface area (Å²) >= 11 is 3.42. The van der Waals surface area contributed by atoms with Crippen LogP contribution in [0.3, 0.4) is 0 Å². The molecule has 0 saturated heterocycles. The largest absolute Gasteiger partial charge is 0.264 e. The fourth-order valence-electron chi connectivity index (χ4n) is 2.70. The lowest BCUT2D eigenvalue weighted by Gasteiger charge is -2.34. The first-order valence-corrected chi connectivity index (χ1v) is 6.54. The third kappa shape index (κ3) is 2.01. The molecule has 0 aliphatic heterocycles. The summed E-state index contributed by atoms with van der Waals surface area (Å²) in [6.07, 6.45) is 9.32. The molecule has 1 heterocycles. The lowest BCUT2D eigenvalue weighted by molar-refractivity contribution is 0.177. The van der Waals surface area contributed by atoms with E-state index in [9.17, 15) is 0 Å². The molecule has 3 nitrogen and oxygen atoms in total. The number of hydrogen-bond acceptors (Lipinski definition) is 2. The smallest absolute Gasteiger partial charge is 0.0757 e. The Hall–Kier alpha value is -0.820. The Bertz CT molecular complexity index is 401. The van der Waals surface area contributed by atoms with Crippen LogP contribution < -0.4 is 0 Å². The van der Waals surface area contributed by atoms with Crippen LogP contribution in [0.2, 0.25) is 0 Å². The lowest BCUT2D eigenvalue weighted by Crippen LogP contribution is -2.37. The monoisotopic (exact) mass is 281 g/mol. The zero-order valence-electron chi connectivity index (χ0n) is 9.49. The average molecular weight is 282 g/mol. The van der Waals surface area contributed by atoms with Crippen LogP contribution in [0.1, 0.15) is 39.0 Å². The number of rotatable bonds is 3. The Morgan fingerprint density at radius 1 is 1.62 bits per heavy atom. The van der Waals surface area contributed by atoms with E-state index >= 15 is 0 Å². The van der Waals surface area contributed by atoms with Crippen molar-refractivity contribution in [1.82, 2.24) is 9.78 Å². The zero-order valence-corrected chi connectivity index (χ0v) is 11.1. The Morgan fingerprint density at radius 3 is 2.81 bits per heavy atom. The third-order valence-corrected chi connectivity index (χ3v) is 4.16. The van der Waals surface area contributed by atoms with Gasteiger partial charge < -0.3 is 0 Å². The first kappa shape index (κ1) is 11.7. The molecule has 2 rings (SSSR count). The van der Waals surface area contributed by atoms with E-state index in [1.165, 1.54) is 25.7 Å². The van der Waals surface area contributed by atoms with Gasteiger partial charge in [-0.25, -0.2) is 0 Å². The number of nitriles is 1. The van der Waals surface area contributed by atoms with Crippen molar-refractivity contribution >= 4 is 15.9 Å². The molecule has 0 radical (unpaired) electrons. The molecule has 1 unspecified atom stereocenters. The van der Waals surface area contributed by atoms with E-state index in [1.54, 1.807) is 6.20 Å². The Morgan fingerprint density at radius 2 is 2.31 bits per heavy atom. The fraction of sp³-hybridized carbons (Fsp3) is 0.667. The van der Waals surface area contributed by atoms with E-state index in [-0.39, 0.29) is 5.54 Å². The molecule has 1 aromatic rings. The number of aromatic nitrogens is 2. The highest BCUT2D eigenvalue weighted by molar-refractivity contribution is 9.10. The normalized spacial score (nSPS) is 20.6. The molecular formula is C12H16BrN3. The molecule has 1 atom stereocenters. The van der Waals surface area contributed by atoms with E-state index in [0.29, 0.717) is 12.3 Å². The lowest BCUT2D eigenvalue weighted by atomic mass is 9.82. The summed E-state index contributed by atoms with van der Waals surface area (Å²) in [6, 6.07) is 2.32. The second kappa shape index (κ2) is 4.58. The maximum absolute atomic E-state index is 9.03. The van der Waals surface area contributed by atoms with Crippen LogP contribution in [0.4, 0.5) is 0 Å². The molecule has 1 aliphatic carbocycles. The summed E-state index contributed by atoms with van der Waals surface area (Å²) in [4.78, 5) is 0. The molecule has 0 bridgehead atoms. The highest BCUT2D eigenvalue weighted by Crippen LogP contribution is 2.40. The van der Waals surface area contributed by atoms with Crippen LogP contribution in [0.5, 0.6) is 0 Å². The molecule has 0 N–H and O–H groups in total. The molecule has 1 fully saturated rings. The molecule has 86 valence electrons. The van der Waals surface area contributed by atoms with E-state index in [1.807, 2.05) is 10.9 Å². The van der Waals surface area contributed by atoms with Crippen LogP contribution in [0.25, 0.3) is 0 Å². The molecule has 0 amide bonds. The first-order chi connectivity index (χ1) is 7.66. The van der Waals surface area contributed by atoms with Gasteiger partial charge in [-0.15, -0.1) is 0 Å². The quantitative estimate of drug-likeness (QED) is 0.851. The molecular weight excluding hydrogens is 266 g/mol. The van der Waals surface area contributed by atoms with E-state index in [4.69, 9.17) is 5.26 Å². The van der Waals surface area contributed by atoms with Crippen LogP contribution in [-0.2, 0) is 5.54 Å². The summed E-state index contributed by atoms with van der Waals surface area (Å²) < 4.78 is 2.95. The zero-order chi connectivity index (χ0) is 11.6. The average Bonchev–Trinajstić information content (AvgIpc) is 2.87. The maximum Gasteiger partial charge on any atom is 0.0757 e. The van der Waals surface area contributed by atoms with Gasteiger partial charge in [0.15, 0.2) is 0 Å². The molecule has 16 heavy (non-hydrogen) atoms. The molecule has 1 aromatic heterocycles. The van der Waals surface area contributed by atoms with Gasteiger partial charge in [0.05, 0.1) is 28.7 Å². The van der Waals surface area contributed by atoms with Gasteiger partial charge in [0.25, 0.3) is 0 Å². The van der Waals surface area contributed by atoms with Crippen LogP contribution in [0, 0.1) is 17.2 Å². The van der Waals surface area contributed by atoms with Crippen molar-refractivity contribution < 1.29 is 0 Å². The van der Waals surface area contributed by atoms with Crippen LogP contribution >= 0.6 is 15.9 Å². The summed E-state index contributed by atoms with van der Waals surface area (Å²) in [5.41, 5.74) is -0.142. The fourth-order valence-corrected chi connectivity index (χ4v) is 2.99. The van der Waals surface area contributed by atoms with Crippen molar-refractivity contribution in [3.8, 4) is 6.07 Å². The van der Waals surface area contributed by atoms with Gasteiger partial charge in [-0.2, -0.15) is 10.4 Å². The van der Waals surface area contributed by atoms with E-state index in [2.05, 4.69) is 34.0 Å². The van der Waals surface area contributed by atoms with Gasteiger partial charge in [-0.1, -0.05) is 12.8 Å². The second-order valence-electron chi connectivity index (χ2n) is 4.78. The number of halogens is 1. The number of nitrogens with zero attached hydrogens (tertiary/aromatic N) is 3. The molecule has 1 saturated carbocycles. The van der Waals surface area contributed by atoms with Crippen LogP contribution in [-0.4, -0.2) is 9.78 Å². The van der Waals surface area contributed by atoms with Crippen molar-refractivity contribution in [2.24, 2.45) is 5.92 Å². The topological polar surface area (TPSA) is 41.6 Å². The van der Waals surface area contributed by atoms with Crippen molar-refractivity contribution in [3.63, 3.8) is 0 Å². The molecule has 4 heteroatoms. The Balaban J connectivity index is 2.31. The van der Waals surface area contributed by atoms with Gasteiger partial charge in [-0.3, -0.25) is 4.68 Å². The minimum absolute atomic E-state index is 0.142. The minimum atomic E-state index is -0.142. The predicted molar refractivity (Wildman–Crippen MR) is 65.8 cm³/mol. The highest BCUT2D eigenvalue weighted by atomic mass is 79.9. The predicted octanol–water partition coefficient (Wildman–Crippen LogP) is 3.46. The van der Waals surface area contributed by atoms with Gasteiger partial charge in [-0.05, 0) is 41.6 Å². The summed E-state index contributed by atoms with van der Waals surface area (Å²) in [7, 11) is 0. The van der Waals surface area contributed by atoms with E-state index in [0.717, 1.165) is 4.47 Å². The van der Waals surface area contributed by atoms with Crippen molar-refractivity contribution in [2.75, 3.05) is 0 Å². The van der Waals surface area contributed by atoms with Crippen molar-refractivity contribution in [1.29, 1.82) is 5.26 Å². The highest BCUT2D eigenvalue weighted by Gasteiger charge is 2.38. The van der Waals surface area contributed by atoms with Gasteiger partial charge >= 0.3 is 0 Å².